The van der Waals surface area contributed by atoms with Crippen molar-refractivity contribution in [2.75, 3.05) is 0 Å². The smallest absolute Gasteiger partial charge is 0.256 e. The van der Waals surface area contributed by atoms with Crippen LogP contribution in [-0.4, -0.2) is 27.9 Å². The largest absolute Gasteiger partial charge is 0.333 e. The summed E-state index contributed by atoms with van der Waals surface area (Å²) in [5.41, 5.74) is 2.67. The summed E-state index contributed by atoms with van der Waals surface area (Å²) in [5.74, 6) is 0.306. The number of carbonyl (C=O) groups excluding carboxylic acids is 1. The minimum Gasteiger partial charge on any atom is -0.333 e. The number of rotatable bonds is 2. The SMILES string of the molecule is O=C(c1cccc2cccnc12)N1[C@@H]2CC[C@@H]1CC(c1ccc(F)cc1)C2. The quantitative estimate of drug-likeness (QED) is 0.649. The monoisotopic (exact) mass is 360 g/mol. The third-order valence-electron chi connectivity index (χ3n) is 6.17. The molecule has 1 amide bonds. The number of fused-ring (bicyclic) bond motifs is 3. The van der Waals surface area contributed by atoms with E-state index in [0.29, 0.717) is 11.5 Å². The molecule has 1 aromatic heterocycles. The van der Waals surface area contributed by atoms with Gasteiger partial charge in [-0.3, -0.25) is 9.78 Å². The number of hydrogen-bond donors (Lipinski definition) is 0. The molecule has 4 heteroatoms. The van der Waals surface area contributed by atoms with Crippen LogP contribution < -0.4 is 0 Å². The summed E-state index contributed by atoms with van der Waals surface area (Å²) in [7, 11) is 0. The lowest BCUT2D eigenvalue weighted by molar-refractivity contribution is 0.0573. The molecule has 0 saturated carbocycles. The molecule has 3 aromatic rings. The van der Waals surface area contributed by atoms with E-state index in [1.807, 2.05) is 42.5 Å². The number of benzene rings is 2. The highest BCUT2D eigenvalue weighted by Crippen LogP contribution is 2.44. The highest BCUT2D eigenvalue weighted by atomic mass is 19.1. The molecule has 0 radical (unpaired) electrons. The van der Waals surface area contributed by atoms with E-state index in [-0.39, 0.29) is 23.8 Å². The van der Waals surface area contributed by atoms with Crippen LogP contribution in [0.4, 0.5) is 4.39 Å². The first-order valence-electron chi connectivity index (χ1n) is 9.62. The fourth-order valence-corrected chi connectivity index (χ4v) is 4.93. The fraction of sp³-hybridized carbons (Fsp3) is 0.304. The number of nitrogens with zero attached hydrogens (tertiary/aromatic N) is 2. The Morgan fingerprint density at radius 2 is 1.67 bits per heavy atom. The molecule has 0 unspecified atom stereocenters. The highest BCUT2D eigenvalue weighted by molar-refractivity contribution is 6.05. The van der Waals surface area contributed by atoms with Crippen molar-refractivity contribution >= 4 is 16.8 Å². The number of piperidine rings is 1. The zero-order valence-electron chi connectivity index (χ0n) is 15.0. The summed E-state index contributed by atoms with van der Waals surface area (Å²) in [4.78, 5) is 20.0. The Labute approximate surface area is 157 Å². The molecule has 2 atom stereocenters. The summed E-state index contributed by atoms with van der Waals surface area (Å²) in [5, 5.41) is 0.997. The minimum absolute atomic E-state index is 0.101. The third kappa shape index (κ3) is 2.80. The van der Waals surface area contributed by atoms with Gasteiger partial charge < -0.3 is 4.90 Å². The van der Waals surface area contributed by atoms with Gasteiger partial charge in [0.2, 0.25) is 0 Å². The van der Waals surface area contributed by atoms with Gasteiger partial charge in [0, 0.05) is 23.7 Å². The summed E-state index contributed by atoms with van der Waals surface area (Å²) in [6, 6.07) is 17.1. The molecule has 27 heavy (non-hydrogen) atoms. The molecule has 0 N–H and O–H groups in total. The molecule has 2 aliphatic rings. The first-order chi connectivity index (χ1) is 13.2. The molecule has 136 valence electrons. The Morgan fingerprint density at radius 3 is 2.41 bits per heavy atom. The number of hydrogen-bond acceptors (Lipinski definition) is 2. The molecule has 5 rings (SSSR count). The first-order valence-corrected chi connectivity index (χ1v) is 9.62. The van der Waals surface area contributed by atoms with E-state index in [1.54, 1.807) is 6.20 Å². The van der Waals surface area contributed by atoms with Crippen LogP contribution in [0.3, 0.4) is 0 Å². The van der Waals surface area contributed by atoms with Gasteiger partial charge in [0.25, 0.3) is 5.91 Å². The van der Waals surface area contributed by atoms with Crippen LogP contribution in [0.15, 0.2) is 60.8 Å². The average molecular weight is 360 g/mol. The van der Waals surface area contributed by atoms with Gasteiger partial charge in [0.15, 0.2) is 0 Å². The van der Waals surface area contributed by atoms with Crippen LogP contribution in [0.2, 0.25) is 0 Å². The van der Waals surface area contributed by atoms with Gasteiger partial charge in [-0.2, -0.15) is 0 Å². The summed E-state index contributed by atoms with van der Waals surface area (Å²) in [6.07, 6.45) is 5.74. The van der Waals surface area contributed by atoms with Gasteiger partial charge in [-0.1, -0.05) is 30.3 Å². The van der Waals surface area contributed by atoms with Crippen LogP contribution in [0.25, 0.3) is 10.9 Å². The second-order valence-corrected chi connectivity index (χ2v) is 7.70. The van der Waals surface area contributed by atoms with Crippen LogP contribution in [0, 0.1) is 5.82 Å². The maximum Gasteiger partial charge on any atom is 0.256 e. The van der Waals surface area contributed by atoms with Crippen molar-refractivity contribution in [3.8, 4) is 0 Å². The van der Waals surface area contributed by atoms with E-state index in [9.17, 15) is 9.18 Å². The highest BCUT2D eigenvalue weighted by Gasteiger charge is 2.44. The van der Waals surface area contributed by atoms with Crippen molar-refractivity contribution in [3.63, 3.8) is 0 Å². The number of para-hydroxylation sites is 1. The number of carbonyl (C=O) groups is 1. The van der Waals surface area contributed by atoms with Crippen LogP contribution >= 0.6 is 0 Å². The number of halogens is 1. The topological polar surface area (TPSA) is 33.2 Å². The lowest BCUT2D eigenvalue weighted by atomic mass is 9.84. The second-order valence-electron chi connectivity index (χ2n) is 7.70. The fourth-order valence-electron chi connectivity index (χ4n) is 4.93. The minimum atomic E-state index is -0.196. The Bertz CT molecular complexity index is 981. The van der Waals surface area contributed by atoms with Crippen molar-refractivity contribution in [3.05, 3.63) is 77.7 Å². The normalized spacial score (nSPS) is 24.3. The van der Waals surface area contributed by atoms with E-state index in [0.717, 1.165) is 36.6 Å². The van der Waals surface area contributed by atoms with Gasteiger partial charge in [-0.15, -0.1) is 0 Å². The first kappa shape index (κ1) is 16.4. The van der Waals surface area contributed by atoms with Crippen molar-refractivity contribution in [1.82, 2.24) is 9.88 Å². The molecular weight excluding hydrogens is 339 g/mol. The van der Waals surface area contributed by atoms with Crippen LogP contribution in [0.5, 0.6) is 0 Å². The maximum absolute atomic E-state index is 13.4. The molecular formula is C23H21FN2O. The number of amides is 1. The van der Waals surface area contributed by atoms with Gasteiger partial charge >= 0.3 is 0 Å². The molecule has 2 aliphatic heterocycles. The summed E-state index contributed by atoms with van der Waals surface area (Å²) < 4.78 is 13.2. The molecule has 0 aliphatic carbocycles. The van der Waals surface area contributed by atoms with Crippen molar-refractivity contribution in [1.29, 1.82) is 0 Å². The van der Waals surface area contributed by atoms with Crippen molar-refractivity contribution in [2.45, 2.75) is 43.7 Å². The van der Waals surface area contributed by atoms with Gasteiger partial charge in [-0.25, -0.2) is 4.39 Å². The number of aromatic nitrogens is 1. The molecule has 2 aromatic carbocycles. The summed E-state index contributed by atoms with van der Waals surface area (Å²) in [6.45, 7) is 0. The molecule has 3 heterocycles. The molecule has 0 spiro atoms. The van der Waals surface area contributed by atoms with Crippen LogP contribution in [-0.2, 0) is 0 Å². The second kappa shape index (κ2) is 6.45. The third-order valence-corrected chi connectivity index (χ3v) is 6.17. The van der Waals surface area contributed by atoms with E-state index >= 15 is 0 Å². The van der Waals surface area contributed by atoms with Crippen molar-refractivity contribution < 1.29 is 9.18 Å². The van der Waals surface area contributed by atoms with E-state index < -0.39 is 0 Å². The summed E-state index contributed by atoms with van der Waals surface area (Å²) >= 11 is 0. The van der Waals surface area contributed by atoms with E-state index in [2.05, 4.69) is 9.88 Å². The Kier molecular flexibility index (Phi) is 3.92. The Morgan fingerprint density at radius 1 is 0.963 bits per heavy atom. The Balaban J connectivity index is 1.44. The molecule has 2 bridgehead atoms. The van der Waals surface area contributed by atoms with E-state index in [1.165, 1.54) is 17.7 Å². The molecule has 2 saturated heterocycles. The molecule has 3 nitrogen and oxygen atoms in total. The number of pyridine rings is 1. The van der Waals surface area contributed by atoms with Gasteiger partial charge in [0.05, 0.1) is 11.1 Å². The maximum atomic E-state index is 13.4. The van der Waals surface area contributed by atoms with Crippen LogP contribution in [0.1, 0.15) is 47.5 Å². The van der Waals surface area contributed by atoms with Crippen molar-refractivity contribution in [2.24, 2.45) is 0 Å². The lowest BCUT2D eigenvalue weighted by Gasteiger charge is -2.39. The zero-order valence-corrected chi connectivity index (χ0v) is 15.0. The standard InChI is InChI=1S/C23H21FN2O/c24-18-8-6-15(7-9-18)17-13-19-10-11-20(14-17)26(19)23(27)21-5-1-3-16-4-2-12-25-22(16)21/h1-9,12,17,19-20H,10-11,13-14H2/t19-,20-/m1/s1. The average Bonchev–Trinajstić information content (AvgIpc) is 2.97. The van der Waals surface area contributed by atoms with Gasteiger partial charge in [0.1, 0.15) is 5.82 Å². The van der Waals surface area contributed by atoms with E-state index in [4.69, 9.17) is 0 Å². The lowest BCUT2D eigenvalue weighted by Crippen LogP contribution is -2.46. The van der Waals surface area contributed by atoms with Gasteiger partial charge in [-0.05, 0) is 61.4 Å². The predicted octanol–water partition coefficient (Wildman–Crippen LogP) is 4.92. The zero-order chi connectivity index (χ0) is 18.4. The molecule has 2 fully saturated rings. The Hall–Kier alpha value is -2.75. The predicted molar refractivity (Wildman–Crippen MR) is 103 cm³/mol.